The van der Waals surface area contributed by atoms with Crippen molar-refractivity contribution < 1.29 is 19.1 Å². The van der Waals surface area contributed by atoms with Crippen LogP contribution in [-0.4, -0.2) is 41.7 Å². The van der Waals surface area contributed by atoms with E-state index in [1.807, 2.05) is 6.92 Å². The molecule has 0 bridgehead atoms. The lowest BCUT2D eigenvalue weighted by atomic mass is 10.3. The first-order chi connectivity index (χ1) is 9.54. The molecule has 0 aromatic carbocycles. The Balaban J connectivity index is 3.23. The highest BCUT2D eigenvalue weighted by Crippen LogP contribution is 2.17. The van der Waals surface area contributed by atoms with Crippen LogP contribution in [0.25, 0.3) is 0 Å². The molecule has 0 radical (unpaired) electrons. The van der Waals surface area contributed by atoms with Crippen molar-refractivity contribution in [3.05, 3.63) is 11.4 Å². The summed E-state index contributed by atoms with van der Waals surface area (Å²) in [7, 11) is 0. The first kappa shape index (κ1) is 15.7. The summed E-state index contributed by atoms with van der Waals surface area (Å²) in [6, 6.07) is 0. The van der Waals surface area contributed by atoms with E-state index >= 15 is 0 Å². The standard InChI is InChI=1S/C12H18N4O4/c1-4-14-10-8(12(18)20-6-3)15-9(13)7(16-10)11(17)19-5-2/h4-6H2,1-3H3,(H2,13,15)(H,14,16). The highest BCUT2D eigenvalue weighted by atomic mass is 16.5. The molecule has 0 aliphatic heterocycles. The van der Waals surface area contributed by atoms with Crippen LogP contribution in [-0.2, 0) is 9.47 Å². The van der Waals surface area contributed by atoms with E-state index in [0.29, 0.717) is 6.54 Å². The molecule has 0 aliphatic carbocycles. The Bertz CT molecular complexity index is 504. The van der Waals surface area contributed by atoms with Gasteiger partial charge in [-0.1, -0.05) is 0 Å². The number of carbonyl (C=O) groups excluding carboxylic acids is 2. The van der Waals surface area contributed by atoms with Crippen molar-refractivity contribution >= 4 is 23.6 Å². The summed E-state index contributed by atoms with van der Waals surface area (Å²) in [4.78, 5) is 31.3. The minimum Gasteiger partial charge on any atom is -0.461 e. The van der Waals surface area contributed by atoms with E-state index < -0.39 is 11.9 Å². The van der Waals surface area contributed by atoms with Crippen molar-refractivity contribution in [1.82, 2.24) is 9.97 Å². The molecule has 1 heterocycles. The first-order valence-electron chi connectivity index (χ1n) is 6.30. The molecule has 0 atom stereocenters. The van der Waals surface area contributed by atoms with E-state index in [2.05, 4.69) is 15.3 Å². The number of hydrogen-bond donors (Lipinski definition) is 2. The lowest BCUT2D eigenvalue weighted by molar-refractivity contribution is 0.0503. The van der Waals surface area contributed by atoms with Crippen LogP contribution in [0.15, 0.2) is 0 Å². The van der Waals surface area contributed by atoms with Gasteiger partial charge in [0.05, 0.1) is 13.2 Å². The maximum Gasteiger partial charge on any atom is 0.360 e. The van der Waals surface area contributed by atoms with Crippen molar-refractivity contribution in [3.8, 4) is 0 Å². The SMILES string of the molecule is CCNc1nc(C(=O)OCC)c(N)nc1C(=O)OCC. The molecule has 0 amide bonds. The zero-order valence-electron chi connectivity index (χ0n) is 11.7. The van der Waals surface area contributed by atoms with E-state index in [1.54, 1.807) is 13.8 Å². The molecular formula is C12H18N4O4. The number of ether oxygens (including phenoxy) is 2. The van der Waals surface area contributed by atoms with Gasteiger partial charge in [-0.15, -0.1) is 0 Å². The predicted molar refractivity (Wildman–Crippen MR) is 72.5 cm³/mol. The average molecular weight is 282 g/mol. The van der Waals surface area contributed by atoms with E-state index in [1.165, 1.54) is 0 Å². The van der Waals surface area contributed by atoms with Gasteiger partial charge in [0.15, 0.2) is 23.0 Å². The van der Waals surface area contributed by atoms with Gasteiger partial charge in [0.25, 0.3) is 0 Å². The Morgan fingerprint density at radius 2 is 1.60 bits per heavy atom. The quantitative estimate of drug-likeness (QED) is 0.737. The zero-order chi connectivity index (χ0) is 15.1. The van der Waals surface area contributed by atoms with Crippen molar-refractivity contribution in [3.63, 3.8) is 0 Å². The summed E-state index contributed by atoms with van der Waals surface area (Å²) in [6.07, 6.45) is 0. The van der Waals surface area contributed by atoms with E-state index in [9.17, 15) is 9.59 Å². The van der Waals surface area contributed by atoms with Crippen LogP contribution in [0.4, 0.5) is 11.6 Å². The number of rotatable bonds is 6. The molecule has 0 fully saturated rings. The van der Waals surface area contributed by atoms with Gasteiger partial charge in [-0.25, -0.2) is 19.6 Å². The summed E-state index contributed by atoms with van der Waals surface area (Å²) < 4.78 is 9.69. The molecule has 1 aromatic heterocycles. The number of nitrogens with one attached hydrogen (secondary N) is 1. The Hall–Kier alpha value is -2.38. The summed E-state index contributed by atoms with van der Waals surface area (Å²) in [5.74, 6) is -1.37. The fourth-order valence-electron chi connectivity index (χ4n) is 1.43. The van der Waals surface area contributed by atoms with Crippen LogP contribution < -0.4 is 11.1 Å². The van der Waals surface area contributed by atoms with Gasteiger partial charge < -0.3 is 20.5 Å². The maximum atomic E-state index is 11.8. The highest BCUT2D eigenvalue weighted by molar-refractivity contribution is 5.97. The lowest BCUT2D eigenvalue weighted by Gasteiger charge is -2.11. The molecule has 0 saturated heterocycles. The third kappa shape index (κ3) is 3.56. The Morgan fingerprint density at radius 1 is 1.05 bits per heavy atom. The minimum atomic E-state index is -0.688. The molecule has 110 valence electrons. The van der Waals surface area contributed by atoms with Crippen molar-refractivity contribution in [2.75, 3.05) is 30.8 Å². The summed E-state index contributed by atoms with van der Waals surface area (Å²) >= 11 is 0. The minimum absolute atomic E-state index is 0.0563. The largest absolute Gasteiger partial charge is 0.461 e. The molecule has 8 nitrogen and oxygen atoms in total. The molecule has 0 aliphatic rings. The lowest BCUT2D eigenvalue weighted by Crippen LogP contribution is -2.19. The summed E-state index contributed by atoms with van der Waals surface area (Å²) in [5, 5.41) is 2.84. The van der Waals surface area contributed by atoms with Gasteiger partial charge in [-0.3, -0.25) is 0 Å². The second-order valence-corrected chi connectivity index (χ2v) is 3.63. The van der Waals surface area contributed by atoms with Gasteiger partial charge in [0.2, 0.25) is 0 Å². The van der Waals surface area contributed by atoms with E-state index in [-0.39, 0.29) is 36.2 Å². The first-order valence-corrected chi connectivity index (χ1v) is 6.30. The maximum absolute atomic E-state index is 11.8. The number of nitrogen functional groups attached to an aromatic ring is 1. The number of aromatic nitrogens is 2. The molecule has 1 aromatic rings. The molecule has 3 N–H and O–H groups in total. The monoisotopic (exact) mass is 282 g/mol. The normalized spacial score (nSPS) is 9.95. The Kier molecular flexibility index (Phi) is 5.70. The highest BCUT2D eigenvalue weighted by Gasteiger charge is 2.22. The summed E-state index contributed by atoms with van der Waals surface area (Å²) in [6.45, 7) is 6.04. The molecule has 20 heavy (non-hydrogen) atoms. The van der Waals surface area contributed by atoms with Crippen molar-refractivity contribution in [2.24, 2.45) is 0 Å². The van der Waals surface area contributed by atoms with Gasteiger partial charge in [-0.05, 0) is 20.8 Å². The molecule has 8 heteroatoms. The van der Waals surface area contributed by atoms with E-state index in [4.69, 9.17) is 15.2 Å². The fraction of sp³-hybridized carbons (Fsp3) is 0.500. The second-order valence-electron chi connectivity index (χ2n) is 3.63. The molecule has 1 rings (SSSR count). The van der Waals surface area contributed by atoms with Crippen molar-refractivity contribution in [1.29, 1.82) is 0 Å². The third-order valence-corrected chi connectivity index (χ3v) is 2.20. The van der Waals surface area contributed by atoms with Gasteiger partial charge >= 0.3 is 11.9 Å². The van der Waals surface area contributed by atoms with Crippen LogP contribution >= 0.6 is 0 Å². The predicted octanol–water partition coefficient (Wildman–Crippen LogP) is 0.844. The smallest absolute Gasteiger partial charge is 0.360 e. The number of nitrogens with two attached hydrogens (primary N) is 1. The zero-order valence-corrected chi connectivity index (χ0v) is 11.7. The van der Waals surface area contributed by atoms with Crippen LogP contribution in [0.1, 0.15) is 41.7 Å². The molecule has 0 spiro atoms. The number of hydrogen-bond acceptors (Lipinski definition) is 8. The van der Waals surface area contributed by atoms with Crippen LogP contribution in [0.3, 0.4) is 0 Å². The Labute approximate surface area is 116 Å². The Morgan fingerprint density at radius 3 is 2.10 bits per heavy atom. The molecule has 0 saturated carbocycles. The summed E-state index contributed by atoms with van der Waals surface area (Å²) in [5.41, 5.74) is 5.46. The van der Waals surface area contributed by atoms with Crippen LogP contribution in [0, 0.1) is 0 Å². The number of anilines is 2. The third-order valence-electron chi connectivity index (χ3n) is 2.20. The van der Waals surface area contributed by atoms with Crippen molar-refractivity contribution in [2.45, 2.75) is 20.8 Å². The average Bonchev–Trinajstić information content (AvgIpc) is 2.41. The van der Waals surface area contributed by atoms with Gasteiger partial charge in [0, 0.05) is 6.54 Å². The van der Waals surface area contributed by atoms with Crippen LogP contribution in [0.2, 0.25) is 0 Å². The number of esters is 2. The second kappa shape index (κ2) is 7.27. The van der Waals surface area contributed by atoms with Gasteiger partial charge in [-0.2, -0.15) is 0 Å². The van der Waals surface area contributed by atoms with Crippen LogP contribution in [0.5, 0.6) is 0 Å². The number of carbonyl (C=O) groups is 2. The molecular weight excluding hydrogens is 264 g/mol. The van der Waals surface area contributed by atoms with Gasteiger partial charge in [0.1, 0.15) is 0 Å². The molecule has 0 unspecified atom stereocenters. The fourth-order valence-corrected chi connectivity index (χ4v) is 1.43. The van der Waals surface area contributed by atoms with E-state index in [0.717, 1.165) is 0 Å². The number of nitrogens with zero attached hydrogens (tertiary/aromatic N) is 2. The topological polar surface area (TPSA) is 116 Å².